The van der Waals surface area contributed by atoms with E-state index in [0.717, 1.165) is 23.3 Å². The molecular formula is C14H17BrO3. The lowest BCUT2D eigenvalue weighted by atomic mass is 9.96. The van der Waals surface area contributed by atoms with Crippen molar-refractivity contribution in [3.63, 3.8) is 0 Å². The molecule has 2 rings (SSSR count). The highest BCUT2D eigenvalue weighted by Gasteiger charge is 2.35. The van der Waals surface area contributed by atoms with Crippen LogP contribution in [0.3, 0.4) is 0 Å². The number of phenolic OH excluding ortho intramolecular Hbond substituents is 1. The minimum absolute atomic E-state index is 0.165. The number of ether oxygens (including phenoxy) is 2. The first-order valence-corrected chi connectivity index (χ1v) is 6.63. The Balaban J connectivity index is 2.65. The summed E-state index contributed by atoms with van der Waals surface area (Å²) in [5, 5.41) is 9.96. The third-order valence-corrected chi connectivity index (χ3v) is 3.80. The fraction of sp³-hybridized carbons (Fsp3) is 0.429. The Morgan fingerprint density at radius 3 is 2.78 bits per heavy atom. The van der Waals surface area contributed by atoms with Gasteiger partial charge in [-0.1, -0.05) is 0 Å². The van der Waals surface area contributed by atoms with E-state index in [2.05, 4.69) is 15.9 Å². The van der Waals surface area contributed by atoms with Crippen molar-refractivity contribution in [1.29, 1.82) is 0 Å². The van der Waals surface area contributed by atoms with Crippen molar-refractivity contribution in [1.82, 2.24) is 0 Å². The molecule has 4 heteroatoms. The summed E-state index contributed by atoms with van der Waals surface area (Å²) < 4.78 is 11.9. The SMILES string of the molecule is CC=C(OC)c1cc(O)c(Br)c2c1CC(C)(C)O2. The second-order valence-corrected chi connectivity index (χ2v) is 5.75. The van der Waals surface area contributed by atoms with Crippen molar-refractivity contribution in [2.45, 2.75) is 32.8 Å². The number of rotatable bonds is 2. The van der Waals surface area contributed by atoms with Crippen LogP contribution in [0.1, 0.15) is 31.9 Å². The van der Waals surface area contributed by atoms with Gasteiger partial charge < -0.3 is 14.6 Å². The highest BCUT2D eigenvalue weighted by molar-refractivity contribution is 9.10. The fourth-order valence-corrected chi connectivity index (χ4v) is 2.72. The molecule has 0 aliphatic carbocycles. The molecule has 0 spiro atoms. The molecule has 18 heavy (non-hydrogen) atoms. The summed E-state index contributed by atoms with van der Waals surface area (Å²) in [4.78, 5) is 0. The zero-order valence-corrected chi connectivity index (χ0v) is 12.6. The topological polar surface area (TPSA) is 38.7 Å². The molecule has 1 aliphatic rings. The Hall–Kier alpha value is -1.16. The highest BCUT2D eigenvalue weighted by Crippen LogP contribution is 2.47. The van der Waals surface area contributed by atoms with Gasteiger partial charge in [-0.15, -0.1) is 0 Å². The third-order valence-electron chi connectivity index (χ3n) is 3.03. The van der Waals surface area contributed by atoms with E-state index >= 15 is 0 Å². The van der Waals surface area contributed by atoms with E-state index in [-0.39, 0.29) is 11.4 Å². The summed E-state index contributed by atoms with van der Waals surface area (Å²) in [6.45, 7) is 5.97. The van der Waals surface area contributed by atoms with Gasteiger partial charge in [0.2, 0.25) is 0 Å². The minimum Gasteiger partial charge on any atom is -0.507 e. The highest BCUT2D eigenvalue weighted by atomic mass is 79.9. The Morgan fingerprint density at radius 2 is 2.22 bits per heavy atom. The molecule has 0 saturated heterocycles. The largest absolute Gasteiger partial charge is 0.507 e. The van der Waals surface area contributed by atoms with Crippen LogP contribution in [-0.4, -0.2) is 17.8 Å². The number of fused-ring (bicyclic) bond motifs is 1. The molecule has 98 valence electrons. The maximum atomic E-state index is 9.96. The van der Waals surface area contributed by atoms with E-state index < -0.39 is 0 Å². The molecule has 0 fully saturated rings. The molecule has 0 atom stereocenters. The van der Waals surface area contributed by atoms with Gasteiger partial charge in [0, 0.05) is 17.5 Å². The molecule has 3 nitrogen and oxygen atoms in total. The van der Waals surface area contributed by atoms with E-state index in [1.807, 2.05) is 26.8 Å². The van der Waals surface area contributed by atoms with Gasteiger partial charge in [0.25, 0.3) is 0 Å². The zero-order valence-electron chi connectivity index (χ0n) is 11.0. The Morgan fingerprint density at radius 1 is 1.56 bits per heavy atom. The van der Waals surface area contributed by atoms with Crippen LogP contribution in [0.25, 0.3) is 5.76 Å². The number of benzene rings is 1. The van der Waals surface area contributed by atoms with Crippen LogP contribution >= 0.6 is 15.9 Å². The molecule has 0 unspecified atom stereocenters. The van der Waals surface area contributed by atoms with Crippen LogP contribution in [0.5, 0.6) is 11.5 Å². The van der Waals surface area contributed by atoms with Crippen LogP contribution < -0.4 is 4.74 Å². The van der Waals surface area contributed by atoms with Gasteiger partial charge in [0.1, 0.15) is 27.3 Å². The second kappa shape index (κ2) is 4.50. The lowest BCUT2D eigenvalue weighted by molar-refractivity contribution is 0.137. The number of hydrogen-bond donors (Lipinski definition) is 1. The van der Waals surface area contributed by atoms with Crippen LogP contribution in [-0.2, 0) is 11.2 Å². The summed E-state index contributed by atoms with van der Waals surface area (Å²) >= 11 is 3.37. The lowest BCUT2D eigenvalue weighted by Crippen LogP contribution is -2.24. The van der Waals surface area contributed by atoms with Crippen LogP contribution in [0.2, 0.25) is 0 Å². The molecule has 0 bridgehead atoms. The fourth-order valence-electron chi connectivity index (χ4n) is 2.28. The van der Waals surface area contributed by atoms with E-state index in [4.69, 9.17) is 9.47 Å². The van der Waals surface area contributed by atoms with Crippen molar-refractivity contribution in [3.8, 4) is 11.5 Å². The molecule has 1 heterocycles. The molecule has 1 aromatic carbocycles. The first kappa shape index (κ1) is 13.3. The van der Waals surface area contributed by atoms with Gasteiger partial charge in [0.05, 0.1) is 7.11 Å². The number of hydrogen-bond acceptors (Lipinski definition) is 3. The average Bonchev–Trinajstić information content (AvgIpc) is 2.63. The standard InChI is InChI=1S/C14H17BrO3/c1-5-11(17-4)8-6-10(16)12(15)13-9(8)7-14(2,3)18-13/h5-6,16H,7H2,1-4H3. The monoisotopic (exact) mass is 312 g/mol. The lowest BCUT2D eigenvalue weighted by Gasteiger charge is -2.17. The van der Waals surface area contributed by atoms with Crippen molar-refractivity contribution < 1.29 is 14.6 Å². The smallest absolute Gasteiger partial charge is 0.142 e. The number of halogens is 1. The van der Waals surface area contributed by atoms with Crippen molar-refractivity contribution in [2.75, 3.05) is 7.11 Å². The normalized spacial score (nSPS) is 17.3. The number of aromatic hydroxyl groups is 1. The molecule has 0 radical (unpaired) electrons. The zero-order chi connectivity index (χ0) is 13.5. The maximum Gasteiger partial charge on any atom is 0.142 e. The second-order valence-electron chi connectivity index (χ2n) is 4.96. The first-order chi connectivity index (χ1) is 8.39. The maximum absolute atomic E-state index is 9.96. The average molecular weight is 313 g/mol. The molecule has 0 saturated carbocycles. The van der Waals surface area contributed by atoms with E-state index in [0.29, 0.717) is 10.2 Å². The predicted molar refractivity (Wildman–Crippen MR) is 74.9 cm³/mol. The number of methoxy groups -OCH3 is 1. The van der Waals surface area contributed by atoms with Gasteiger partial charge in [-0.05, 0) is 48.8 Å². The third kappa shape index (κ3) is 2.09. The summed E-state index contributed by atoms with van der Waals surface area (Å²) in [5.41, 5.74) is 1.70. The van der Waals surface area contributed by atoms with Gasteiger partial charge in [-0.3, -0.25) is 0 Å². The predicted octanol–water partition coefficient (Wildman–Crippen LogP) is 3.88. The van der Waals surface area contributed by atoms with Crippen molar-refractivity contribution in [2.24, 2.45) is 0 Å². The first-order valence-electron chi connectivity index (χ1n) is 5.83. The van der Waals surface area contributed by atoms with Crippen LogP contribution in [0, 0.1) is 0 Å². The minimum atomic E-state index is -0.264. The number of phenols is 1. The Kier molecular flexibility index (Phi) is 3.32. The Labute approximate surface area is 116 Å². The van der Waals surface area contributed by atoms with Gasteiger partial charge in [-0.25, -0.2) is 0 Å². The van der Waals surface area contributed by atoms with Gasteiger partial charge in [-0.2, -0.15) is 0 Å². The Bertz CT molecular complexity index is 518. The van der Waals surface area contributed by atoms with E-state index in [1.165, 1.54) is 0 Å². The van der Waals surface area contributed by atoms with Gasteiger partial charge in [0.15, 0.2) is 0 Å². The van der Waals surface area contributed by atoms with E-state index in [9.17, 15) is 5.11 Å². The van der Waals surface area contributed by atoms with Crippen molar-refractivity contribution in [3.05, 3.63) is 27.7 Å². The molecule has 1 N–H and O–H groups in total. The van der Waals surface area contributed by atoms with Gasteiger partial charge >= 0.3 is 0 Å². The molecular weight excluding hydrogens is 296 g/mol. The van der Waals surface area contributed by atoms with E-state index in [1.54, 1.807) is 13.2 Å². The number of allylic oxidation sites excluding steroid dienone is 1. The summed E-state index contributed by atoms with van der Waals surface area (Å²) in [6.07, 6.45) is 2.67. The van der Waals surface area contributed by atoms with Crippen molar-refractivity contribution >= 4 is 21.7 Å². The molecule has 1 aliphatic heterocycles. The summed E-state index contributed by atoms with van der Waals surface area (Å²) in [7, 11) is 1.63. The quantitative estimate of drug-likeness (QED) is 0.842. The molecule has 1 aromatic rings. The summed E-state index contributed by atoms with van der Waals surface area (Å²) in [5.74, 6) is 1.62. The van der Waals surface area contributed by atoms with Crippen LogP contribution in [0.4, 0.5) is 0 Å². The summed E-state index contributed by atoms with van der Waals surface area (Å²) in [6, 6.07) is 1.71. The molecule has 0 amide bonds. The molecule has 0 aromatic heterocycles. The van der Waals surface area contributed by atoms with Crippen LogP contribution in [0.15, 0.2) is 16.6 Å².